The number of nitrogens with one attached hydrogen (secondary N) is 1. The molecule has 22 heavy (non-hydrogen) atoms. The Labute approximate surface area is 138 Å². The highest BCUT2D eigenvalue weighted by atomic mass is 35.5. The fraction of sp³-hybridized carbons (Fsp3) is 0.200. The lowest BCUT2D eigenvalue weighted by Gasteiger charge is -2.11. The zero-order valence-electron chi connectivity index (χ0n) is 11.8. The fourth-order valence-corrected chi connectivity index (χ4v) is 2.12. The van der Waals surface area contributed by atoms with Gasteiger partial charge in [0.25, 0.3) is 5.91 Å². The normalized spacial score (nSPS) is 10.1. The molecule has 0 bridgehead atoms. The molecule has 1 N–H and O–H groups in total. The van der Waals surface area contributed by atoms with E-state index in [9.17, 15) is 4.79 Å². The van der Waals surface area contributed by atoms with Crippen LogP contribution >= 0.6 is 23.2 Å². The molecule has 0 fully saturated rings. The van der Waals surface area contributed by atoms with Gasteiger partial charge in [0.05, 0.1) is 11.6 Å². The summed E-state index contributed by atoms with van der Waals surface area (Å²) >= 11 is 11.8. The molecule has 2 rings (SSSR count). The molecule has 1 aromatic heterocycles. The summed E-state index contributed by atoms with van der Waals surface area (Å²) in [6.07, 6.45) is 1.56. The Morgan fingerprint density at radius 3 is 2.77 bits per heavy atom. The van der Waals surface area contributed by atoms with Gasteiger partial charge < -0.3 is 14.8 Å². The van der Waals surface area contributed by atoms with Crippen molar-refractivity contribution in [3.63, 3.8) is 0 Å². The monoisotopic (exact) mass is 340 g/mol. The average Bonchev–Trinajstić information content (AvgIpc) is 2.48. The van der Waals surface area contributed by atoms with E-state index in [1.54, 1.807) is 36.5 Å². The van der Waals surface area contributed by atoms with Crippen molar-refractivity contribution in [2.45, 2.75) is 6.92 Å². The van der Waals surface area contributed by atoms with Gasteiger partial charge in [-0.2, -0.15) is 0 Å². The molecule has 0 saturated carbocycles. The highest BCUT2D eigenvalue weighted by Crippen LogP contribution is 2.27. The lowest BCUT2D eigenvalue weighted by atomic mass is 10.3. The molecule has 1 aromatic carbocycles. The Morgan fingerprint density at radius 2 is 2.05 bits per heavy atom. The van der Waals surface area contributed by atoms with Crippen LogP contribution in [0.4, 0.5) is 5.82 Å². The Balaban J connectivity index is 1.96. The van der Waals surface area contributed by atoms with Gasteiger partial charge in [-0.15, -0.1) is 0 Å². The molecule has 5 nitrogen and oxygen atoms in total. The van der Waals surface area contributed by atoms with Crippen molar-refractivity contribution in [2.24, 2.45) is 0 Å². The predicted molar refractivity (Wildman–Crippen MR) is 86.0 cm³/mol. The quantitative estimate of drug-likeness (QED) is 0.868. The topological polar surface area (TPSA) is 60.5 Å². The first-order valence-corrected chi connectivity index (χ1v) is 7.31. The number of amides is 1. The second-order valence-corrected chi connectivity index (χ2v) is 5.04. The van der Waals surface area contributed by atoms with Crippen molar-refractivity contribution in [1.29, 1.82) is 0 Å². The Morgan fingerprint density at radius 1 is 1.23 bits per heavy atom. The maximum atomic E-state index is 11.9. The van der Waals surface area contributed by atoms with E-state index in [0.29, 0.717) is 34.0 Å². The summed E-state index contributed by atoms with van der Waals surface area (Å²) in [6, 6.07) is 8.23. The molecule has 0 saturated heterocycles. The smallest absolute Gasteiger partial charge is 0.263 e. The number of hydrogen-bond donors (Lipinski definition) is 1. The Kier molecular flexibility index (Phi) is 5.86. The molecular weight excluding hydrogens is 327 g/mol. The van der Waals surface area contributed by atoms with Crippen molar-refractivity contribution < 1.29 is 14.3 Å². The van der Waals surface area contributed by atoms with E-state index in [2.05, 4.69) is 10.3 Å². The van der Waals surface area contributed by atoms with Crippen LogP contribution in [0.15, 0.2) is 36.5 Å². The van der Waals surface area contributed by atoms with E-state index in [4.69, 9.17) is 32.7 Å². The summed E-state index contributed by atoms with van der Waals surface area (Å²) in [5, 5.41) is 3.46. The van der Waals surface area contributed by atoms with Gasteiger partial charge >= 0.3 is 0 Å². The van der Waals surface area contributed by atoms with E-state index in [-0.39, 0.29) is 12.5 Å². The molecule has 2 aromatic rings. The van der Waals surface area contributed by atoms with Gasteiger partial charge in [0, 0.05) is 11.2 Å². The van der Waals surface area contributed by atoms with Crippen LogP contribution in [0.2, 0.25) is 10.0 Å². The summed E-state index contributed by atoms with van der Waals surface area (Å²) in [6.45, 7) is 2.12. The van der Waals surface area contributed by atoms with Crippen molar-refractivity contribution in [2.75, 3.05) is 18.5 Å². The lowest BCUT2D eigenvalue weighted by Crippen LogP contribution is -2.21. The van der Waals surface area contributed by atoms with Crippen LogP contribution in [0, 0.1) is 0 Å². The maximum Gasteiger partial charge on any atom is 0.263 e. The number of anilines is 1. The predicted octanol–water partition coefficient (Wildman–Crippen LogP) is 3.80. The SMILES string of the molecule is CCOc1cccnc1NC(=O)COc1ccc(Cl)cc1Cl. The summed E-state index contributed by atoms with van der Waals surface area (Å²) in [5.41, 5.74) is 0. The molecule has 1 amide bonds. The molecule has 0 radical (unpaired) electrons. The van der Waals surface area contributed by atoms with Crippen LogP contribution in [0.5, 0.6) is 11.5 Å². The Hall–Kier alpha value is -1.98. The van der Waals surface area contributed by atoms with Gasteiger partial charge in [-0.1, -0.05) is 23.2 Å². The number of halogens is 2. The van der Waals surface area contributed by atoms with Crippen molar-refractivity contribution in [1.82, 2.24) is 4.98 Å². The van der Waals surface area contributed by atoms with Gasteiger partial charge in [0.1, 0.15) is 5.75 Å². The molecule has 0 aliphatic heterocycles. The zero-order valence-corrected chi connectivity index (χ0v) is 13.3. The molecular formula is C15H14Cl2N2O3. The molecule has 0 atom stereocenters. The van der Waals surface area contributed by atoms with E-state index < -0.39 is 0 Å². The van der Waals surface area contributed by atoms with E-state index >= 15 is 0 Å². The standard InChI is InChI=1S/C15H14Cl2N2O3/c1-2-21-13-4-3-7-18-15(13)19-14(20)9-22-12-6-5-10(16)8-11(12)17/h3-8H,2,9H2,1H3,(H,18,19,20). The summed E-state index contributed by atoms with van der Waals surface area (Å²) in [7, 11) is 0. The third kappa shape index (κ3) is 4.51. The number of carbonyl (C=O) groups excluding carboxylic acids is 1. The third-order valence-electron chi connectivity index (χ3n) is 2.58. The number of nitrogens with zero attached hydrogens (tertiary/aromatic N) is 1. The van der Waals surface area contributed by atoms with E-state index in [1.807, 2.05) is 6.92 Å². The van der Waals surface area contributed by atoms with Crippen molar-refractivity contribution in [3.8, 4) is 11.5 Å². The first-order valence-electron chi connectivity index (χ1n) is 6.55. The molecule has 1 heterocycles. The van der Waals surface area contributed by atoms with Crippen LogP contribution in [0.3, 0.4) is 0 Å². The van der Waals surface area contributed by atoms with Gasteiger partial charge in [-0.05, 0) is 37.3 Å². The third-order valence-corrected chi connectivity index (χ3v) is 3.11. The highest BCUT2D eigenvalue weighted by Gasteiger charge is 2.10. The number of rotatable bonds is 6. The van der Waals surface area contributed by atoms with E-state index in [0.717, 1.165) is 0 Å². The molecule has 0 aliphatic carbocycles. The number of aromatic nitrogens is 1. The van der Waals surface area contributed by atoms with Gasteiger partial charge in [0.15, 0.2) is 18.2 Å². The number of ether oxygens (including phenoxy) is 2. The average molecular weight is 341 g/mol. The van der Waals surface area contributed by atoms with Gasteiger partial charge in [-0.25, -0.2) is 4.98 Å². The number of carbonyl (C=O) groups is 1. The second-order valence-electron chi connectivity index (χ2n) is 4.19. The summed E-state index contributed by atoms with van der Waals surface area (Å²) < 4.78 is 10.7. The molecule has 0 aliphatic rings. The Bertz CT molecular complexity index is 665. The van der Waals surface area contributed by atoms with Crippen molar-refractivity contribution in [3.05, 3.63) is 46.6 Å². The maximum absolute atomic E-state index is 11.9. The van der Waals surface area contributed by atoms with Crippen molar-refractivity contribution >= 4 is 34.9 Å². The first-order chi connectivity index (χ1) is 10.6. The molecule has 116 valence electrons. The van der Waals surface area contributed by atoms with Crippen LogP contribution < -0.4 is 14.8 Å². The minimum Gasteiger partial charge on any atom is -0.490 e. The van der Waals surface area contributed by atoms with Gasteiger partial charge in [0.2, 0.25) is 0 Å². The summed E-state index contributed by atoms with van der Waals surface area (Å²) in [4.78, 5) is 16.0. The van der Waals surface area contributed by atoms with Gasteiger partial charge in [-0.3, -0.25) is 4.79 Å². The molecule has 7 heteroatoms. The minimum atomic E-state index is -0.370. The second kappa shape index (κ2) is 7.87. The fourth-order valence-electron chi connectivity index (χ4n) is 1.66. The molecule has 0 unspecified atom stereocenters. The number of pyridine rings is 1. The molecule has 0 spiro atoms. The largest absolute Gasteiger partial charge is 0.490 e. The zero-order chi connectivity index (χ0) is 15.9. The highest BCUT2D eigenvalue weighted by molar-refractivity contribution is 6.35. The number of benzene rings is 1. The number of hydrogen-bond acceptors (Lipinski definition) is 4. The lowest BCUT2D eigenvalue weighted by molar-refractivity contribution is -0.118. The van der Waals surface area contributed by atoms with Crippen LogP contribution in [0.1, 0.15) is 6.92 Å². The van der Waals surface area contributed by atoms with Crippen LogP contribution in [-0.2, 0) is 4.79 Å². The van der Waals surface area contributed by atoms with E-state index in [1.165, 1.54) is 0 Å². The van der Waals surface area contributed by atoms with Crippen LogP contribution in [0.25, 0.3) is 0 Å². The summed E-state index contributed by atoms with van der Waals surface area (Å²) in [5.74, 6) is 0.862. The first kappa shape index (κ1) is 16.4. The van der Waals surface area contributed by atoms with Crippen LogP contribution in [-0.4, -0.2) is 24.1 Å². The minimum absolute atomic E-state index is 0.205.